The average Bonchev–Trinajstić information content (AvgIpc) is 2.56. The van der Waals surface area contributed by atoms with Crippen molar-refractivity contribution < 1.29 is 4.79 Å². The quantitative estimate of drug-likeness (QED) is 0.765. The van der Waals surface area contributed by atoms with E-state index in [2.05, 4.69) is 38.0 Å². The number of carbonyl (C=O) groups is 1. The van der Waals surface area contributed by atoms with E-state index in [4.69, 9.17) is 0 Å². The lowest BCUT2D eigenvalue weighted by molar-refractivity contribution is -0.124. The molecule has 18 heavy (non-hydrogen) atoms. The maximum absolute atomic E-state index is 12.0. The van der Waals surface area contributed by atoms with Gasteiger partial charge in [0.2, 0.25) is 5.91 Å². The van der Waals surface area contributed by atoms with Crippen LogP contribution in [0.1, 0.15) is 65.7 Å². The minimum absolute atomic E-state index is 0.0820. The first-order valence-electron chi connectivity index (χ1n) is 7.46. The molecule has 1 N–H and O–H groups in total. The third-order valence-electron chi connectivity index (χ3n) is 4.20. The van der Waals surface area contributed by atoms with E-state index in [9.17, 15) is 4.79 Å². The number of likely N-dealkylation sites (N-methyl/N-ethyl adjacent to an activating group) is 1. The molecule has 0 aromatic heterocycles. The van der Waals surface area contributed by atoms with Crippen LogP contribution in [0.15, 0.2) is 0 Å². The molecule has 0 bridgehead atoms. The molecule has 0 aliphatic heterocycles. The molecule has 106 valence electrons. The monoisotopic (exact) mass is 254 g/mol. The Kier molecular flexibility index (Phi) is 6.13. The van der Waals surface area contributed by atoms with Crippen molar-refractivity contribution in [2.24, 2.45) is 0 Å². The Balaban J connectivity index is 2.38. The number of hydrogen-bond acceptors (Lipinski definition) is 2. The van der Waals surface area contributed by atoms with Crippen LogP contribution in [0, 0.1) is 0 Å². The van der Waals surface area contributed by atoms with Crippen LogP contribution in [-0.4, -0.2) is 36.0 Å². The van der Waals surface area contributed by atoms with E-state index in [0.717, 1.165) is 6.42 Å². The number of amides is 1. The molecule has 1 amide bonds. The second kappa shape index (κ2) is 7.13. The minimum atomic E-state index is -0.0820. The van der Waals surface area contributed by atoms with Gasteiger partial charge in [-0.3, -0.25) is 9.69 Å². The van der Waals surface area contributed by atoms with Crippen LogP contribution in [-0.2, 0) is 4.79 Å². The first kappa shape index (κ1) is 15.5. The molecule has 0 unspecified atom stereocenters. The average molecular weight is 254 g/mol. The lowest BCUT2D eigenvalue weighted by atomic mass is 10.0. The van der Waals surface area contributed by atoms with Gasteiger partial charge < -0.3 is 5.32 Å². The van der Waals surface area contributed by atoms with E-state index < -0.39 is 0 Å². The van der Waals surface area contributed by atoms with Gasteiger partial charge in [-0.2, -0.15) is 0 Å². The molecule has 3 heteroatoms. The predicted molar refractivity (Wildman–Crippen MR) is 76.6 cm³/mol. The summed E-state index contributed by atoms with van der Waals surface area (Å²) >= 11 is 0. The number of rotatable bonds is 5. The largest absolute Gasteiger partial charge is 0.350 e. The Morgan fingerprint density at radius 1 is 1.22 bits per heavy atom. The first-order valence-corrected chi connectivity index (χ1v) is 7.46. The van der Waals surface area contributed by atoms with Crippen molar-refractivity contribution in [2.75, 3.05) is 13.6 Å². The summed E-state index contributed by atoms with van der Waals surface area (Å²) in [6, 6.07) is 0.600. The second-order valence-corrected chi connectivity index (χ2v) is 6.35. The molecule has 0 heterocycles. The number of nitrogens with one attached hydrogen (secondary N) is 1. The molecule has 0 aromatic rings. The van der Waals surface area contributed by atoms with Gasteiger partial charge in [0, 0.05) is 11.6 Å². The third kappa shape index (κ3) is 5.38. The predicted octanol–water partition coefficient (Wildman–Crippen LogP) is 2.95. The summed E-state index contributed by atoms with van der Waals surface area (Å²) in [6.45, 7) is 6.80. The minimum Gasteiger partial charge on any atom is -0.350 e. The van der Waals surface area contributed by atoms with Gasteiger partial charge in [-0.1, -0.05) is 32.6 Å². The van der Waals surface area contributed by atoms with Gasteiger partial charge in [0.15, 0.2) is 0 Å². The van der Waals surface area contributed by atoms with Crippen molar-refractivity contribution in [2.45, 2.75) is 77.3 Å². The highest BCUT2D eigenvalue weighted by Gasteiger charge is 2.22. The smallest absolute Gasteiger partial charge is 0.234 e. The maximum Gasteiger partial charge on any atom is 0.234 e. The molecule has 0 spiro atoms. The summed E-state index contributed by atoms with van der Waals surface area (Å²) in [5.74, 6) is 0.161. The zero-order chi connectivity index (χ0) is 13.6. The molecule has 0 aromatic carbocycles. The van der Waals surface area contributed by atoms with E-state index in [0.29, 0.717) is 12.6 Å². The van der Waals surface area contributed by atoms with E-state index in [1.165, 1.54) is 38.5 Å². The highest BCUT2D eigenvalue weighted by atomic mass is 16.2. The normalized spacial score (nSPS) is 18.7. The Labute approximate surface area is 112 Å². The van der Waals surface area contributed by atoms with Crippen LogP contribution in [0.5, 0.6) is 0 Å². The van der Waals surface area contributed by atoms with E-state index in [1.807, 2.05) is 0 Å². The van der Waals surface area contributed by atoms with Crippen molar-refractivity contribution >= 4 is 5.91 Å². The number of carbonyl (C=O) groups excluding carboxylic acids is 1. The van der Waals surface area contributed by atoms with E-state index in [1.54, 1.807) is 0 Å². The van der Waals surface area contributed by atoms with Gasteiger partial charge in [-0.15, -0.1) is 0 Å². The molecule has 1 aliphatic carbocycles. The van der Waals surface area contributed by atoms with Crippen molar-refractivity contribution in [1.29, 1.82) is 0 Å². The molecule has 1 fully saturated rings. The van der Waals surface area contributed by atoms with Crippen LogP contribution >= 0.6 is 0 Å². The van der Waals surface area contributed by atoms with Crippen molar-refractivity contribution in [3.8, 4) is 0 Å². The summed E-state index contributed by atoms with van der Waals surface area (Å²) in [5.41, 5.74) is -0.0820. The Morgan fingerprint density at radius 2 is 1.78 bits per heavy atom. The van der Waals surface area contributed by atoms with Crippen LogP contribution in [0.3, 0.4) is 0 Å². The fourth-order valence-electron chi connectivity index (χ4n) is 2.56. The van der Waals surface area contributed by atoms with Gasteiger partial charge in [-0.25, -0.2) is 0 Å². The summed E-state index contributed by atoms with van der Waals surface area (Å²) in [5, 5.41) is 3.11. The molecule has 1 saturated carbocycles. The van der Waals surface area contributed by atoms with Crippen LogP contribution in [0.4, 0.5) is 0 Å². The van der Waals surface area contributed by atoms with E-state index >= 15 is 0 Å². The zero-order valence-electron chi connectivity index (χ0n) is 12.6. The van der Waals surface area contributed by atoms with Gasteiger partial charge in [0.1, 0.15) is 0 Å². The van der Waals surface area contributed by atoms with Crippen LogP contribution in [0.25, 0.3) is 0 Å². The zero-order valence-corrected chi connectivity index (χ0v) is 12.6. The van der Waals surface area contributed by atoms with Gasteiger partial charge >= 0.3 is 0 Å². The molecule has 3 nitrogen and oxygen atoms in total. The summed E-state index contributed by atoms with van der Waals surface area (Å²) < 4.78 is 0. The van der Waals surface area contributed by atoms with Crippen LogP contribution < -0.4 is 5.32 Å². The van der Waals surface area contributed by atoms with E-state index in [-0.39, 0.29) is 11.4 Å². The Bertz CT molecular complexity index is 255. The molecular formula is C15H30N2O. The third-order valence-corrected chi connectivity index (χ3v) is 4.20. The fraction of sp³-hybridized carbons (Fsp3) is 0.933. The number of hydrogen-bond donors (Lipinski definition) is 1. The summed E-state index contributed by atoms with van der Waals surface area (Å²) in [4.78, 5) is 14.2. The van der Waals surface area contributed by atoms with Crippen molar-refractivity contribution in [3.63, 3.8) is 0 Å². The molecule has 0 atom stereocenters. The lowest BCUT2D eigenvalue weighted by Crippen LogP contribution is -2.48. The van der Waals surface area contributed by atoms with Crippen molar-refractivity contribution in [3.05, 3.63) is 0 Å². The van der Waals surface area contributed by atoms with Gasteiger partial charge in [-0.05, 0) is 40.2 Å². The SMILES string of the molecule is CCC(C)(C)NC(=O)CN(C)C1CCCCCC1. The fourth-order valence-corrected chi connectivity index (χ4v) is 2.56. The van der Waals surface area contributed by atoms with Crippen LogP contribution in [0.2, 0.25) is 0 Å². The molecule has 0 radical (unpaired) electrons. The van der Waals surface area contributed by atoms with Crippen molar-refractivity contribution in [1.82, 2.24) is 10.2 Å². The molecular weight excluding hydrogens is 224 g/mol. The summed E-state index contributed by atoms with van der Waals surface area (Å²) in [7, 11) is 2.09. The Morgan fingerprint density at radius 3 is 2.28 bits per heavy atom. The first-order chi connectivity index (χ1) is 8.44. The second-order valence-electron chi connectivity index (χ2n) is 6.35. The molecule has 0 saturated heterocycles. The molecule has 1 aliphatic rings. The lowest BCUT2D eigenvalue weighted by Gasteiger charge is -2.29. The topological polar surface area (TPSA) is 32.3 Å². The standard InChI is InChI=1S/C15H30N2O/c1-5-15(2,3)16-14(18)12-17(4)13-10-8-6-7-9-11-13/h13H,5-12H2,1-4H3,(H,16,18). The van der Waals surface area contributed by atoms with Gasteiger partial charge in [0.25, 0.3) is 0 Å². The summed E-state index contributed by atoms with van der Waals surface area (Å²) in [6.07, 6.45) is 8.82. The number of nitrogens with zero attached hydrogens (tertiary/aromatic N) is 1. The Hall–Kier alpha value is -0.570. The van der Waals surface area contributed by atoms with Gasteiger partial charge in [0.05, 0.1) is 6.54 Å². The highest BCUT2D eigenvalue weighted by Crippen LogP contribution is 2.20. The highest BCUT2D eigenvalue weighted by molar-refractivity contribution is 5.78. The molecule has 1 rings (SSSR count). The maximum atomic E-state index is 12.0.